The fourth-order valence-electron chi connectivity index (χ4n) is 3.20. The predicted molar refractivity (Wildman–Crippen MR) is 111 cm³/mol. The van der Waals surface area contributed by atoms with Gasteiger partial charge in [0.1, 0.15) is 36.8 Å². The molecule has 1 amide bonds. The van der Waals surface area contributed by atoms with Gasteiger partial charge in [0.25, 0.3) is 5.91 Å². The average Bonchev–Trinajstić information content (AvgIpc) is 2.82. The van der Waals surface area contributed by atoms with Crippen LogP contribution in [0.5, 0.6) is 5.75 Å². The molecule has 1 aliphatic heterocycles. The van der Waals surface area contributed by atoms with Gasteiger partial charge in [-0.1, -0.05) is 18.2 Å². The molecule has 1 heterocycles. The number of carbonyl (C=O) groups is 2. The van der Waals surface area contributed by atoms with Crippen LogP contribution in [-0.4, -0.2) is 78.7 Å². The Morgan fingerprint density at radius 1 is 0.969 bits per heavy atom. The minimum absolute atomic E-state index is 0.133. The lowest BCUT2D eigenvalue weighted by molar-refractivity contribution is -0.294. The van der Waals surface area contributed by atoms with Gasteiger partial charge in [0.2, 0.25) is 0 Å². The maximum absolute atomic E-state index is 12.5. The number of hydrogen-bond acceptors (Lipinski definition) is 9. The number of ether oxygens (including phenoxy) is 4. The lowest BCUT2D eigenvalue weighted by atomic mass is 9.99. The Balaban J connectivity index is 1.65. The van der Waals surface area contributed by atoms with Crippen LogP contribution in [-0.2, 0) is 14.2 Å². The Morgan fingerprint density at radius 3 is 2.34 bits per heavy atom. The quantitative estimate of drug-likeness (QED) is 0.448. The molecule has 172 valence electrons. The van der Waals surface area contributed by atoms with Crippen LogP contribution in [0.25, 0.3) is 0 Å². The van der Waals surface area contributed by atoms with Crippen LogP contribution in [0.3, 0.4) is 0 Å². The molecule has 0 radical (unpaired) electrons. The van der Waals surface area contributed by atoms with Crippen molar-refractivity contribution in [2.24, 2.45) is 0 Å². The SMILES string of the molecule is COc1cc(C(=O)OC[C@H]2O[C@@H](OC)[C@H](O)[C@@H](O)[C@@H]2O)ccc1NC(=O)c1ccccc1. The van der Waals surface area contributed by atoms with Crippen molar-refractivity contribution in [2.45, 2.75) is 30.7 Å². The largest absolute Gasteiger partial charge is 0.495 e. The molecular formula is C22H25NO9. The Morgan fingerprint density at radius 2 is 1.69 bits per heavy atom. The van der Waals surface area contributed by atoms with Crippen molar-refractivity contribution in [3.63, 3.8) is 0 Å². The van der Waals surface area contributed by atoms with E-state index < -0.39 is 43.3 Å². The van der Waals surface area contributed by atoms with Gasteiger partial charge in [-0.2, -0.15) is 0 Å². The van der Waals surface area contributed by atoms with Gasteiger partial charge in [0.05, 0.1) is 18.4 Å². The number of hydrogen-bond donors (Lipinski definition) is 4. The third-order valence-corrected chi connectivity index (χ3v) is 5.00. The van der Waals surface area contributed by atoms with Gasteiger partial charge in [0.15, 0.2) is 6.29 Å². The summed E-state index contributed by atoms with van der Waals surface area (Å²) in [6.07, 6.45) is -6.72. The van der Waals surface area contributed by atoms with Gasteiger partial charge < -0.3 is 39.6 Å². The molecular weight excluding hydrogens is 422 g/mol. The van der Waals surface area contributed by atoms with Crippen LogP contribution >= 0.6 is 0 Å². The third kappa shape index (κ3) is 5.23. The molecule has 2 aromatic rings. The molecule has 1 aliphatic rings. The number of rotatable bonds is 7. The van der Waals surface area contributed by atoms with E-state index in [1.165, 1.54) is 32.4 Å². The number of esters is 1. The minimum atomic E-state index is -1.52. The highest BCUT2D eigenvalue weighted by Gasteiger charge is 2.44. The first kappa shape index (κ1) is 23.6. The summed E-state index contributed by atoms with van der Waals surface area (Å²) in [5.41, 5.74) is 0.962. The summed E-state index contributed by atoms with van der Waals surface area (Å²) in [6.45, 7) is -0.390. The molecule has 4 N–H and O–H groups in total. The Labute approximate surface area is 184 Å². The highest BCUT2D eigenvalue weighted by Crippen LogP contribution is 2.27. The first-order valence-corrected chi connectivity index (χ1v) is 9.79. The first-order valence-electron chi connectivity index (χ1n) is 9.79. The number of anilines is 1. The van der Waals surface area contributed by atoms with E-state index in [1.807, 2.05) is 0 Å². The van der Waals surface area contributed by atoms with Crippen molar-refractivity contribution in [3.05, 3.63) is 59.7 Å². The minimum Gasteiger partial charge on any atom is -0.495 e. The van der Waals surface area contributed by atoms with E-state index in [9.17, 15) is 24.9 Å². The van der Waals surface area contributed by atoms with Crippen molar-refractivity contribution in [1.82, 2.24) is 0 Å². The van der Waals surface area contributed by atoms with E-state index in [0.717, 1.165) is 0 Å². The Bertz CT molecular complexity index is 934. The smallest absolute Gasteiger partial charge is 0.338 e. The summed E-state index contributed by atoms with van der Waals surface area (Å²) < 4.78 is 20.7. The van der Waals surface area contributed by atoms with Crippen LogP contribution in [0.1, 0.15) is 20.7 Å². The number of carbonyl (C=O) groups excluding carboxylic acids is 2. The third-order valence-electron chi connectivity index (χ3n) is 5.00. The van der Waals surface area contributed by atoms with E-state index in [-0.39, 0.29) is 17.2 Å². The molecule has 0 aromatic heterocycles. The van der Waals surface area contributed by atoms with E-state index in [1.54, 1.807) is 30.3 Å². The normalized spacial score (nSPS) is 25.1. The second-order valence-electron chi connectivity index (χ2n) is 7.08. The summed E-state index contributed by atoms with van der Waals surface area (Å²) in [7, 11) is 2.66. The zero-order valence-corrected chi connectivity index (χ0v) is 17.5. The number of amides is 1. The zero-order valence-electron chi connectivity index (χ0n) is 17.5. The molecule has 10 nitrogen and oxygen atoms in total. The molecule has 0 unspecified atom stereocenters. The van der Waals surface area contributed by atoms with E-state index in [2.05, 4.69) is 5.32 Å². The van der Waals surface area contributed by atoms with Crippen molar-refractivity contribution in [2.75, 3.05) is 26.1 Å². The Kier molecular flexibility index (Phi) is 7.78. The molecule has 1 fully saturated rings. The molecule has 0 saturated carbocycles. The van der Waals surface area contributed by atoms with Crippen LogP contribution in [0.2, 0.25) is 0 Å². The summed E-state index contributed by atoms with van der Waals surface area (Å²) in [5.74, 6) is -0.832. The van der Waals surface area contributed by atoms with Crippen LogP contribution < -0.4 is 10.1 Å². The second-order valence-corrected chi connectivity index (χ2v) is 7.08. The first-order chi connectivity index (χ1) is 15.3. The summed E-state index contributed by atoms with van der Waals surface area (Å²) in [6, 6.07) is 13.0. The fourth-order valence-corrected chi connectivity index (χ4v) is 3.20. The second kappa shape index (κ2) is 10.5. The molecule has 0 spiro atoms. The number of nitrogens with one attached hydrogen (secondary N) is 1. The molecule has 1 saturated heterocycles. The van der Waals surface area contributed by atoms with Crippen LogP contribution in [0.4, 0.5) is 5.69 Å². The lowest BCUT2D eigenvalue weighted by Gasteiger charge is -2.39. The predicted octanol–water partition coefficient (Wildman–Crippen LogP) is 0.558. The van der Waals surface area contributed by atoms with Gasteiger partial charge in [-0.25, -0.2) is 4.79 Å². The molecule has 3 rings (SSSR count). The average molecular weight is 447 g/mol. The highest BCUT2D eigenvalue weighted by atomic mass is 16.7. The van der Waals surface area contributed by atoms with Crippen molar-refractivity contribution < 1.29 is 43.9 Å². The summed E-state index contributed by atoms with van der Waals surface area (Å²) in [4.78, 5) is 24.8. The maximum Gasteiger partial charge on any atom is 0.338 e. The van der Waals surface area contributed by atoms with Gasteiger partial charge in [-0.15, -0.1) is 0 Å². The number of methoxy groups -OCH3 is 2. The molecule has 2 aromatic carbocycles. The summed E-state index contributed by atoms with van der Waals surface area (Å²) >= 11 is 0. The van der Waals surface area contributed by atoms with Crippen LogP contribution in [0.15, 0.2) is 48.5 Å². The summed E-state index contributed by atoms with van der Waals surface area (Å²) in [5, 5.41) is 32.5. The zero-order chi connectivity index (χ0) is 23.3. The van der Waals surface area contributed by atoms with E-state index in [4.69, 9.17) is 18.9 Å². The standard InChI is InChI=1S/C22H25NO9/c1-29-15-10-13(8-9-14(15)23-20(27)12-6-4-3-5-7-12)21(28)31-11-16-17(24)18(25)19(26)22(30-2)32-16/h3-10,16-19,22,24-26H,11H2,1-2H3,(H,23,27)/t16-,17-,18+,19-,22-/m1/s1. The van der Waals surface area contributed by atoms with Gasteiger partial charge in [0, 0.05) is 12.7 Å². The lowest BCUT2D eigenvalue weighted by Crippen LogP contribution is -2.59. The maximum atomic E-state index is 12.5. The molecule has 10 heteroatoms. The number of aliphatic hydroxyl groups excluding tert-OH is 3. The van der Waals surface area contributed by atoms with Crippen LogP contribution in [0, 0.1) is 0 Å². The highest BCUT2D eigenvalue weighted by molar-refractivity contribution is 6.05. The van der Waals surface area contributed by atoms with Crippen molar-refractivity contribution in [1.29, 1.82) is 0 Å². The van der Waals surface area contributed by atoms with Gasteiger partial charge in [-0.05, 0) is 30.3 Å². The monoisotopic (exact) mass is 447 g/mol. The topological polar surface area (TPSA) is 144 Å². The van der Waals surface area contributed by atoms with E-state index in [0.29, 0.717) is 11.3 Å². The molecule has 0 aliphatic carbocycles. The fraction of sp³-hybridized carbons (Fsp3) is 0.364. The van der Waals surface area contributed by atoms with Gasteiger partial charge >= 0.3 is 5.97 Å². The van der Waals surface area contributed by atoms with Crippen molar-refractivity contribution in [3.8, 4) is 5.75 Å². The van der Waals surface area contributed by atoms with Gasteiger partial charge in [-0.3, -0.25) is 4.79 Å². The van der Waals surface area contributed by atoms with E-state index >= 15 is 0 Å². The molecule has 32 heavy (non-hydrogen) atoms. The molecule has 0 bridgehead atoms. The number of aliphatic hydroxyl groups is 3. The molecule has 5 atom stereocenters. The Hall–Kier alpha value is -3.02. The van der Waals surface area contributed by atoms with Crippen molar-refractivity contribution >= 4 is 17.6 Å². The number of benzene rings is 2.